The number of carbonyl (C=O) groups is 1. The highest BCUT2D eigenvalue weighted by Gasteiger charge is 2.44. The standard InChI is InChI=1S/C19H22N4O2.ClH/c20-12-15(24)23-10-8-19(9-11-23)7-6-14-16(19)21-17(22-18(14)25)13-4-2-1-3-5-13;/h1-5H,6-12,20H2,(H,21,22,25);1H. The summed E-state index contributed by atoms with van der Waals surface area (Å²) in [4.78, 5) is 34.0. The number of benzene rings is 1. The van der Waals surface area contributed by atoms with Crippen molar-refractivity contribution in [3.8, 4) is 11.4 Å². The van der Waals surface area contributed by atoms with E-state index < -0.39 is 0 Å². The maximum absolute atomic E-state index is 12.6. The number of nitrogens with two attached hydrogens (primary N) is 1. The van der Waals surface area contributed by atoms with Crippen molar-refractivity contribution < 1.29 is 4.79 Å². The predicted octanol–water partition coefficient (Wildman–Crippen LogP) is 1.62. The van der Waals surface area contributed by atoms with Gasteiger partial charge in [0.2, 0.25) is 5.91 Å². The number of H-pyrrole nitrogens is 1. The fourth-order valence-electron chi connectivity index (χ4n) is 4.18. The van der Waals surface area contributed by atoms with Gasteiger partial charge in [-0.25, -0.2) is 4.98 Å². The second-order valence-corrected chi connectivity index (χ2v) is 6.97. The van der Waals surface area contributed by atoms with Crippen LogP contribution in [0.4, 0.5) is 0 Å². The van der Waals surface area contributed by atoms with Crippen LogP contribution in [0.1, 0.15) is 30.5 Å². The second kappa shape index (κ2) is 7.21. The van der Waals surface area contributed by atoms with Gasteiger partial charge in [0.25, 0.3) is 5.56 Å². The van der Waals surface area contributed by atoms with Crippen molar-refractivity contribution in [3.05, 3.63) is 51.9 Å². The first-order chi connectivity index (χ1) is 12.1. The summed E-state index contributed by atoms with van der Waals surface area (Å²) in [5.41, 5.74) is 8.04. The van der Waals surface area contributed by atoms with E-state index in [1.807, 2.05) is 35.2 Å². The topological polar surface area (TPSA) is 92.1 Å². The van der Waals surface area contributed by atoms with Gasteiger partial charge in [-0.05, 0) is 25.7 Å². The minimum absolute atomic E-state index is 0. The molecular formula is C19H23ClN4O2. The summed E-state index contributed by atoms with van der Waals surface area (Å²) in [5.74, 6) is 0.628. The first-order valence-electron chi connectivity index (χ1n) is 8.80. The van der Waals surface area contributed by atoms with E-state index in [1.165, 1.54) is 0 Å². The van der Waals surface area contributed by atoms with E-state index in [-0.39, 0.29) is 35.8 Å². The summed E-state index contributed by atoms with van der Waals surface area (Å²) in [7, 11) is 0. The number of piperidine rings is 1. The number of nitrogens with zero attached hydrogens (tertiary/aromatic N) is 2. The Morgan fingerprint density at radius 2 is 1.88 bits per heavy atom. The van der Waals surface area contributed by atoms with E-state index in [0.717, 1.165) is 42.5 Å². The predicted molar refractivity (Wildman–Crippen MR) is 102 cm³/mol. The lowest BCUT2D eigenvalue weighted by Crippen LogP contribution is -2.46. The average Bonchev–Trinajstić information content (AvgIpc) is 3.01. The molecule has 7 heteroatoms. The normalized spacial score (nSPS) is 17.7. The Hall–Kier alpha value is -2.18. The number of halogens is 1. The Kier molecular flexibility index (Phi) is 5.16. The molecule has 0 saturated carbocycles. The minimum atomic E-state index is -0.0848. The third-order valence-electron chi connectivity index (χ3n) is 5.67. The molecule has 26 heavy (non-hydrogen) atoms. The van der Waals surface area contributed by atoms with Crippen LogP contribution in [-0.2, 0) is 16.6 Å². The molecule has 6 nitrogen and oxygen atoms in total. The van der Waals surface area contributed by atoms with Gasteiger partial charge in [-0.3, -0.25) is 9.59 Å². The van der Waals surface area contributed by atoms with Crippen molar-refractivity contribution in [2.45, 2.75) is 31.1 Å². The van der Waals surface area contributed by atoms with Crippen LogP contribution in [0.5, 0.6) is 0 Å². The Labute approximate surface area is 158 Å². The molecule has 0 bridgehead atoms. The van der Waals surface area contributed by atoms with Gasteiger partial charge in [-0.2, -0.15) is 0 Å². The van der Waals surface area contributed by atoms with E-state index in [1.54, 1.807) is 0 Å². The highest BCUT2D eigenvalue weighted by atomic mass is 35.5. The number of amides is 1. The van der Waals surface area contributed by atoms with Gasteiger partial charge in [0, 0.05) is 29.6 Å². The highest BCUT2D eigenvalue weighted by molar-refractivity contribution is 5.85. The molecule has 2 aliphatic rings. The summed E-state index contributed by atoms with van der Waals surface area (Å²) in [6.45, 7) is 1.43. The molecule has 2 heterocycles. The Morgan fingerprint density at radius 1 is 1.19 bits per heavy atom. The maximum Gasteiger partial charge on any atom is 0.254 e. The summed E-state index contributed by atoms with van der Waals surface area (Å²) >= 11 is 0. The number of hydrogen-bond donors (Lipinski definition) is 2. The molecule has 0 unspecified atom stereocenters. The lowest BCUT2D eigenvalue weighted by atomic mass is 9.76. The van der Waals surface area contributed by atoms with Crippen LogP contribution in [-0.4, -0.2) is 40.4 Å². The zero-order valence-electron chi connectivity index (χ0n) is 14.5. The van der Waals surface area contributed by atoms with E-state index in [4.69, 9.17) is 10.7 Å². The number of likely N-dealkylation sites (tertiary alicyclic amines) is 1. The monoisotopic (exact) mass is 374 g/mol. The summed E-state index contributed by atoms with van der Waals surface area (Å²) in [6.07, 6.45) is 3.38. The van der Waals surface area contributed by atoms with Crippen LogP contribution in [0.3, 0.4) is 0 Å². The number of carbonyl (C=O) groups excluding carboxylic acids is 1. The van der Waals surface area contributed by atoms with Crippen LogP contribution < -0.4 is 11.3 Å². The molecule has 1 amide bonds. The van der Waals surface area contributed by atoms with Gasteiger partial charge >= 0.3 is 0 Å². The van der Waals surface area contributed by atoms with Gasteiger partial charge < -0.3 is 15.6 Å². The number of aromatic amines is 1. The molecule has 1 spiro atoms. The second-order valence-electron chi connectivity index (χ2n) is 6.97. The van der Waals surface area contributed by atoms with Crippen LogP contribution in [0.2, 0.25) is 0 Å². The molecule has 1 aromatic heterocycles. The Morgan fingerprint density at radius 3 is 2.54 bits per heavy atom. The maximum atomic E-state index is 12.6. The first-order valence-corrected chi connectivity index (χ1v) is 8.80. The largest absolute Gasteiger partial charge is 0.342 e. The molecule has 138 valence electrons. The zero-order chi connectivity index (χ0) is 17.4. The number of aromatic nitrogens is 2. The molecule has 0 radical (unpaired) electrons. The zero-order valence-corrected chi connectivity index (χ0v) is 15.3. The van der Waals surface area contributed by atoms with E-state index in [2.05, 4.69) is 4.98 Å². The Bertz CT molecular complexity index is 858. The average molecular weight is 375 g/mol. The summed E-state index contributed by atoms with van der Waals surface area (Å²) < 4.78 is 0. The van der Waals surface area contributed by atoms with Crippen molar-refractivity contribution in [1.29, 1.82) is 0 Å². The third kappa shape index (κ3) is 3.04. The molecule has 1 aliphatic carbocycles. The van der Waals surface area contributed by atoms with E-state index in [9.17, 15) is 9.59 Å². The minimum Gasteiger partial charge on any atom is -0.342 e. The van der Waals surface area contributed by atoms with Crippen LogP contribution in [0, 0.1) is 0 Å². The van der Waals surface area contributed by atoms with Gasteiger partial charge in [0.1, 0.15) is 5.82 Å². The number of rotatable bonds is 2. The fraction of sp³-hybridized carbons (Fsp3) is 0.421. The number of hydrogen-bond acceptors (Lipinski definition) is 4. The molecule has 1 fully saturated rings. The molecule has 1 aliphatic heterocycles. The number of fused-ring (bicyclic) bond motifs is 2. The molecule has 4 rings (SSSR count). The molecule has 0 atom stereocenters. The number of nitrogens with one attached hydrogen (secondary N) is 1. The fourth-order valence-corrected chi connectivity index (χ4v) is 4.18. The molecule has 1 aromatic carbocycles. The van der Waals surface area contributed by atoms with Gasteiger partial charge in [-0.1, -0.05) is 30.3 Å². The van der Waals surface area contributed by atoms with E-state index in [0.29, 0.717) is 18.9 Å². The lowest BCUT2D eigenvalue weighted by molar-refractivity contribution is -0.131. The van der Waals surface area contributed by atoms with Gasteiger partial charge in [0.05, 0.1) is 12.2 Å². The van der Waals surface area contributed by atoms with Gasteiger partial charge in [-0.15, -0.1) is 12.4 Å². The van der Waals surface area contributed by atoms with Crippen LogP contribution in [0.25, 0.3) is 11.4 Å². The highest BCUT2D eigenvalue weighted by Crippen LogP contribution is 2.44. The first kappa shape index (κ1) is 18.6. The van der Waals surface area contributed by atoms with Crippen LogP contribution in [0.15, 0.2) is 35.1 Å². The summed E-state index contributed by atoms with van der Waals surface area (Å²) in [6, 6.07) is 9.73. The third-order valence-corrected chi connectivity index (χ3v) is 5.67. The SMILES string of the molecule is Cl.NCC(=O)N1CCC2(CCc3c2nc(-c2ccccc2)[nH]c3=O)CC1. The van der Waals surface area contributed by atoms with Crippen molar-refractivity contribution in [1.82, 2.24) is 14.9 Å². The Balaban J connectivity index is 0.00000196. The van der Waals surface area contributed by atoms with Crippen LogP contribution >= 0.6 is 12.4 Å². The molecule has 3 N–H and O–H groups in total. The smallest absolute Gasteiger partial charge is 0.254 e. The van der Waals surface area contributed by atoms with Crippen molar-refractivity contribution in [3.63, 3.8) is 0 Å². The van der Waals surface area contributed by atoms with Gasteiger partial charge in [0.15, 0.2) is 0 Å². The molecular weight excluding hydrogens is 352 g/mol. The van der Waals surface area contributed by atoms with Crippen molar-refractivity contribution >= 4 is 18.3 Å². The lowest BCUT2D eigenvalue weighted by Gasteiger charge is -2.39. The summed E-state index contributed by atoms with van der Waals surface area (Å²) in [5, 5.41) is 0. The van der Waals surface area contributed by atoms with Crippen molar-refractivity contribution in [2.24, 2.45) is 5.73 Å². The molecule has 1 saturated heterocycles. The molecule has 2 aromatic rings. The quantitative estimate of drug-likeness (QED) is 0.835. The van der Waals surface area contributed by atoms with Crippen molar-refractivity contribution in [2.75, 3.05) is 19.6 Å². The van der Waals surface area contributed by atoms with E-state index >= 15 is 0 Å².